The molecule has 0 aliphatic carbocycles. The Kier molecular flexibility index (Phi) is 5.18. The van der Waals surface area contributed by atoms with E-state index < -0.39 is 0 Å². The zero-order valence-electron chi connectivity index (χ0n) is 14.0. The fourth-order valence-electron chi connectivity index (χ4n) is 2.91. The minimum Gasteiger partial charge on any atom is -0.370 e. The quantitative estimate of drug-likeness (QED) is 0.920. The lowest BCUT2D eigenvalue weighted by atomic mass is 9.97. The van der Waals surface area contributed by atoms with Gasteiger partial charge in [-0.05, 0) is 57.5 Å². The van der Waals surface area contributed by atoms with Crippen LogP contribution in [0.5, 0.6) is 0 Å². The first kappa shape index (κ1) is 15.9. The SMILES string of the molecule is CCc1cc(NCC2CCN(C)CC2)nc(-c2ccncc2)n1. The number of aromatic nitrogens is 3. The van der Waals surface area contributed by atoms with Crippen molar-refractivity contribution in [3.8, 4) is 11.4 Å². The van der Waals surface area contributed by atoms with Gasteiger partial charge in [0.1, 0.15) is 5.82 Å². The highest BCUT2D eigenvalue weighted by Crippen LogP contribution is 2.20. The second-order valence-corrected chi connectivity index (χ2v) is 6.29. The lowest BCUT2D eigenvalue weighted by Crippen LogP contribution is -2.33. The van der Waals surface area contributed by atoms with Crippen LogP contribution in [0.15, 0.2) is 30.6 Å². The highest BCUT2D eigenvalue weighted by atomic mass is 15.1. The first-order valence-corrected chi connectivity index (χ1v) is 8.45. The molecular weight excluding hydrogens is 286 g/mol. The minimum atomic E-state index is 0.732. The summed E-state index contributed by atoms with van der Waals surface area (Å²) in [4.78, 5) is 15.8. The third-order valence-corrected chi connectivity index (χ3v) is 4.49. The predicted octanol–water partition coefficient (Wildman–Crippen LogP) is 2.85. The molecule has 0 unspecified atom stereocenters. The first-order valence-electron chi connectivity index (χ1n) is 8.45. The standard InChI is InChI=1S/C18H25N5/c1-3-16-12-17(20-13-14-6-10-23(2)11-7-14)22-18(21-16)15-4-8-19-9-5-15/h4-5,8-9,12,14H,3,6-7,10-11,13H2,1-2H3,(H,20,21,22). The molecule has 2 aromatic heterocycles. The monoisotopic (exact) mass is 311 g/mol. The summed E-state index contributed by atoms with van der Waals surface area (Å²) in [5.74, 6) is 2.44. The van der Waals surface area contributed by atoms with Crippen molar-refractivity contribution in [2.75, 3.05) is 32.0 Å². The maximum atomic E-state index is 4.69. The molecule has 2 aromatic rings. The molecule has 3 heterocycles. The summed E-state index contributed by atoms with van der Waals surface area (Å²) in [6, 6.07) is 5.98. The number of nitrogens with zero attached hydrogens (tertiary/aromatic N) is 4. The fraction of sp³-hybridized carbons (Fsp3) is 0.500. The molecule has 0 aromatic carbocycles. The molecule has 5 heteroatoms. The van der Waals surface area contributed by atoms with Crippen LogP contribution in [-0.2, 0) is 6.42 Å². The molecule has 0 bridgehead atoms. The van der Waals surface area contributed by atoms with Crippen molar-refractivity contribution < 1.29 is 0 Å². The summed E-state index contributed by atoms with van der Waals surface area (Å²) in [5.41, 5.74) is 2.08. The van der Waals surface area contributed by atoms with Crippen LogP contribution in [0.4, 0.5) is 5.82 Å². The third-order valence-electron chi connectivity index (χ3n) is 4.49. The van der Waals surface area contributed by atoms with Gasteiger partial charge in [-0.1, -0.05) is 6.92 Å². The Morgan fingerprint density at radius 3 is 2.61 bits per heavy atom. The molecule has 0 spiro atoms. The molecule has 1 aliphatic heterocycles. The summed E-state index contributed by atoms with van der Waals surface area (Å²) in [6.45, 7) is 5.50. The van der Waals surface area contributed by atoms with Crippen molar-refractivity contribution in [2.45, 2.75) is 26.2 Å². The van der Waals surface area contributed by atoms with E-state index in [9.17, 15) is 0 Å². The van der Waals surface area contributed by atoms with Crippen molar-refractivity contribution in [3.05, 3.63) is 36.3 Å². The van der Waals surface area contributed by atoms with Gasteiger partial charge in [-0.3, -0.25) is 4.98 Å². The van der Waals surface area contributed by atoms with Crippen molar-refractivity contribution >= 4 is 5.82 Å². The van der Waals surface area contributed by atoms with E-state index in [2.05, 4.69) is 40.2 Å². The maximum Gasteiger partial charge on any atom is 0.161 e. The number of likely N-dealkylation sites (tertiary alicyclic amines) is 1. The summed E-state index contributed by atoms with van der Waals surface area (Å²) in [7, 11) is 2.20. The van der Waals surface area contributed by atoms with Crippen molar-refractivity contribution in [2.24, 2.45) is 5.92 Å². The predicted molar refractivity (Wildman–Crippen MR) is 93.4 cm³/mol. The van der Waals surface area contributed by atoms with E-state index in [1.807, 2.05) is 12.1 Å². The number of piperidine rings is 1. The number of hydrogen-bond acceptors (Lipinski definition) is 5. The number of aryl methyl sites for hydroxylation is 1. The Bertz CT molecular complexity index is 621. The lowest BCUT2D eigenvalue weighted by molar-refractivity contribution is 0.226. The molecule has 0 radical (unpaired) electrons. The van der Waals surface area contributed by atoms with Gasteiger partial charge in [0.05, 0.1) is 0 Å². The van der Waals surface area contributed by atoms with E-state index in [0.29, 0.717) is 0 Å². The van der Waals surface area contributed by atoms with Gasteiger partial charge in [-0.25, -0.2) is 9.97 Å². The average Bonchev–Trinajstić information content (AvgIpc) is 2.61. The van der Waals surface area contributed by atoms with Gasteiger partial charge in [0.15, 0.2) is 5.82 Å². The molecule has 3 rings (SSSR count). The van der Waals surface area contributed by atoms with Crippen molar-refractivity contribution in [1.29, 1.82) is 0 Å². The summed E-state index contributed by atoms with van der Waals surface area (Å²) >= 11 is 0. The van der Waals surface area contributed by atoms with Gasteiger partial charge in [0.2, 0.25) is 0 Å². The van der Waals surface area contributed by atoms with Crippen LogP contribution in [0.25, 0.3) is 11.4 Å². The maximum absolute atomic E-state index is 4.69. The summed E-state index contributed by atoms with van der Waals surface area (Å²) in [5, 5.41) is 3.53. The van der Waals surface area contributed by atoms with Crippen molar-refractivity contribution in [3.63, 3.8) is 0 Å². The zero-order valence-corrected chi connectivity index (χ0v) is 14.0. The van der Waals surface area contributed by atoms with Gasteiger partial charge in [-0.15, -0.1) is 0 Å². The molecule has 1 fully saturated rings. The smallest absolute Gasteiger partial charge is 0.161 e. The Hall–Kier alpha value is -2.01. The highest BCUT2D eigenvalue weighted by molar-refractivity contribution is 5.56. The molecule has 1 N–H and O–H groups in total. The van der Waals surface area contributed by atoms with Crippen LogP contribution < -0.4 is 5.32 Å². The second-order valence-electron chi connectivity index (χ2n) is 6.29. The number of rotatable bonds is 5. The van der Waals surface area contributed by atoms with Crippen LogP contribution in [0.1, 0.15) is 25.5 Å². The van der Waals surface area contributed by atoms with E-state index >= 15 is 0 Å². The van der Waals surface area contributed by atoms with Gasteiger partial charge < -0.3 is 10.2 Å². The van der Waals surface area contributed by atoms with Gasteiger partial charge in [0, 0.05) is 36.3 Å². The summed E-state index contributed by atoms with van der Waals surface area (Å²) < 4.78 is 0. The fourth-order valence-corrected chi connectivity index (χ4v) is 2.91. The van der Waals surface area contributed by atoms with Crippen LogP contribution in [0.2, 0.25) is 0 Å². The van der Waals surface area contributed by atoms with Gasteiger partial charge in [-0.2, -0.15) is 0 Å². The van der Waals surface area contributed by atoms with Crippen LogP contribution in [0, 0.1) is 5.92 Å². The minimum absolute atomic E-state index is 0.732. The van der Waals surface area contributed by atoms with Crippen molar-refractivity contribution in [1.82, 2.24) is 19.9 Å². The average molecular weight is 311 g/mol. The highest BCUT2D eigenvalue weighted by Gasteiger charge is 2.16. The zero-order chi connectivity index (χ0) is 16.1. The Labute approximate surface area is 138 Å². The Balaban J connectivity index is 1.71. The Morgan fingerprint density at radius 1 is 1.17 bits per heavy atom. The van der Waals surface area contributed by atoms with Crippen LogP contribution >= 0.6 is 0 Å². The molecule has 0 amide bonds. The molecule has 122 valence electrons. The van der Waals surface area contributed by atoms with Gasteiger partial charge >= 0.3 is 0 Å². The topological polar surface area (TPSA) is 53.9 Å². The number of nitrogens with one attached hydrogen (secondary N) is 1. The molecule has 1 saturated heterocycles. The van der Waals surface area contributed by atoms with E-state index in [1.54, 1.807) is 12.4 Å². The van der Waals surface area contributed by atoms with Gasteiger partial charge in [0.25, 0.3) is 0 Å². The number of hydrogen-bond donors (Lipinski definition) is 1. The third kappa shape index (κ3) is 4.26. The Morgan fingerprint density at radius 2 is 1.91 bits per heavy atom. The first-order chi connectivity index (χ1) is 11.2. The lowest BCUT2D eigenvalue weighted by Gasteiger charge is -2.29. The molecule has 23 heavy (non-hydrogen) atoms. The molecule has 1 aliphatic rings. The molecule has 5 nitrogen and oxygen atoms in total. The summed E-state index contributed by atoms with van der Waals surface area (Å²) in [6.07, 6.45) is 6.98. The normalized spacial score (nSPS) is 16.4. The number of anilines is 1. The van der Waals surface area contributed by atoms with E-state index in [4.69, 9.17) is 4.98 Å². The molecule has 0 saturated carbocycles. The second kappa shape index (κ2) is 7.51. The number of pyridine rings is 1. The van der Waals surface area contributed by atoms with E-state index in [0.717, 1.165) is 41.8 Å². The van der Waals surface area contributed by atoms with E-state index in [1.165, 1.54) is 25.9 Å². The largest absolute Gasteiger partial charge is 0.370 e. The van der Waals surface area contributed by atoms with Crippen LogP contribution in [-0.4, -0.2) is 46.5 Å². The van der Waals surface area contributed by atoms with E-state index in [-0.39, 0.29) is 0 Å². The molecule has 0 atom stereocenters. The van der Waals surface area contributed by atoms with Crippen LogP contribution in [0.3, 0.4) is 0 Å². The molecular formula is C18H25N5.